The monoisotopic (exact) mass is 526 g/mol. The molecule has 1 atom stereocenters. The number of amides is 2. The number of carbonyl (C=O) groups excluding carboxylic acids is 2. The van der Waals surface area contributed by atoms with E-state index >= 15 is 0 Å². The van der Waals surface area contributed by atoms with Crippen molar-refractivity contribution >= 4 is 27.5 Å². The zero-order valence-corrected chi connectivity index (χ0v) is 20.3. The van der Waals surface area contributed by atoms with E-state index in [4.69, 9.17) is 4.74 Å². The van der Waals surface area contributed by atoms with Crippen LogP contribution in [0.4, 0.5) is 19.0 Å². The predicted octanol–water partition coefficient (Wildman–Crippen LogP) is 2.34. The van der Waals surface area contributed by atoms with Gasteiger partial charge in [-0.2, -0.15) is 18.3 Å². The molecule has 1 spiro atoms. The van der Waals surface area contributed by atoms with Gasteiger partial charge in [0.2, 0.25) is 5.91 Å². The Morgan fingerprint density at radius 2 is 2.00 bits per heavy atom. The van der Waals surface area contributed by atoms with E-state index in [-0.39, 0.29) is 17.1 Å². The molecule has 1 aliphatic heterocycles. The fourth-order valence-corrected chi connectivity index (χ4v) is 5.47. The van der Waals surface area contributed by atoms with Crippen LogP contribution >= 0.6 is 0 Å². The summed E-state index contributed by atoms with van der Waals surface area (Å²) in [4.78, 5) is 25.6. The molecule has 2 aliphatic carbocycles. The molecule has 5 rings (SSSR count). The molecule has 1 aromatic carbocycles. The highest BCUT2D eigenvalue weighted by atomic mass is 32.2. The molecule has 2 aromatic rings. The van der Waals surface area contributed by atoms with Crippen molar-refractivity contribution in [3.63, 3.8) is 0 Å². The summed E-state index contributed by atoms with van der Waals surface area (Å²) in [5.74, 6) is -1.14. The maximum atomic E-state index is 13.1. The van der Waals surface area contributed by atoms with Gasteiger partial charge in [0.05, 0.1) is 5.54 Å². The molecule has 9 nitrogen and oxygen atoms in total. The number of rotatable bonds is 8. The van der Waals surface area contributed by atoms with Gasteiger partial charge < -0.3 is 15.4 Å². The topological polar surface area (TPSA) is 119 Å². The van der Waals surface area contributed by atoms with E-state index in [1.165, 1.54) is 6.07 Å². The third-order valence-corrected chi connectivity index (χ3v) is 7.43. The summed E-state index contributed by atoms with van der Waals surface area (Å²) in [5.41, 5.74) is 1.29. The van der Waals surface area contributed by atoms with Crippen molar-refractivity contribution < 1.29 is 35.9 Å². The van der Waals surface area contributed by atoms with Crippen LogP contribution in [0.3, 0.4) is 0 Å². The second-order valence-corrected chi connectivity index (χ2v) is 12.0. The van der Waals surface area contributed by atoms with Gasteiger partial charge in [-0.05, 0) is 35.6 Å². The molecule has 13 heteroatoms. The van der Waals surface area contributed by atoms with Crippen molar-refractivity contribution in [3.05, 3.63) is 40.6 Å². The molecule has 1 saturated carbocycles. The van der Waals surface area contributed by atoms with E-state index in [2.05, 4.69) is 15.7 Å². The molecule has 0 radical (unpaired) electrons. The highest BCUT2D eigenvalue weighted by Crippen LogP contribution is 2.45. The third kappa shape index (κ3) is 5.06. The zero-order chi connectivity index (χ0) is 25.9. The Morgan fingerprint density at radius 1 is 1.28 bits per heavy atom. The molecule has 0 bridgehead atoms. The normalized spacial score (nSPS) is 20.8. The largest absolute Gasteiger partial charge is 0.484 e. The van der Waals surface area contributed by atoms with Crippen LogP contribution in [0, 0.1) is 5.92 Å². The highest BCUT2D eigenvalue weighted by molar-refractivity contribution is 7.91. The first kappa shape index (κ1) is 24.6. The Labute approximate surface area is 205 Å². The van der Waals surface area contributed by atoms with Crippen molar-refractivity contribution in [2.24, 2.45) is 5.92 Å². The average Bonchev–Trinajstić information content (AvgIpc) is 3.32. The number of aromatic nitrogens is 2. The van der Waals surface area contributed by atoms with E-state index in [9.17, 15) is 31.2 Å². The number of halogens is 3. The lowest BCUT2D eigenvalue weighted by atomic mass is 9.93. The quantitative estimate of drug-likeness (QED) is 0.545. The minimum absolute atomic E-state index is 0.0800. The molecule has 1 fully saturated rings. The number of benzene rings is 1. The summed E-state index contributed by atoms with van der Waals surface area (Å²) in [6.07, 6.45) is 0.178. The molecule has 1 unspecified atom stereocenters. The van der Waals surface area contributed by atoms with E-state index in [1.807, 2.05) is 0 Å². The molecule has 36 heavy (non-hydrogen) atoms. The lowest BCUT2D eigenvalue weighted by Gasteiger charge is -2.23. The van der Waals surface area contributed by atoms with Crippen LogP contribution in [0.25, 0.3) is 0 Å². The number of hydrogen-bond donors (Lipinski definition) is 2. The van der Waals surface area contributed by atoms with Gasteiger partial charge in [-0.1, -0.05) is 18.9 Å². The fourth-order valence-electron chi connectivity index (χ4n) is 4.92. The van der Waals surface area contributed by atoms with Gasteiger partial charge >= 0.3 is 6.18 Å². The van der Waals surface area contributed by atoms with E-state index < -0.39 is 45.7 Å². The number of carbonyl (C=O) groups is 2. The van der Waals surface area contributed by atoms with Crippen LogP contribution in [0.15, 0.2) is 18.2 Å². The van der Waals surface area contributed by atoms with E-state index in [1.54, 1.807) is 16.8 Å². The van der Waals surface area contributed by atoms with Gasteiger partial charge in [-0.3, -0.25) is 9.59 Å². The number of alkyl halides is 3. The Balaban J connectivity index is 1.45. The molecular weight excluding hydrogens is 501 g/mol. The lowest BCUT2D eigenvalue weighted by Crippen LogP contribution is -2.41. The van der Waals surface area contributed by atoms with Crippen LogP contribution in [-0.4, -0.2) is 54.8 Å². The second-order valence-electron chi connectivity index (χ2n) is 9.87. The maximum Gasteiger partial charge on any atom is 0.422 e. The molecule has 2 amide bonds. The Hall–Kier alpha value is -3.09. The van der Waals surface area contributed by atoms with Crippen LogP contribution < -0.4 is 15.4 Å². The van der Waals surface area contributed by atoms with Crippen LogP contribution in [-0.2, 0) is 39.6 Å². The van der Waals surface area contributed by atoms with E-state index in [0.29, 0.717) is 31.0 Å². The van der Waals surface area contributed by atoms with Crippen molar-refractivity contribution in [2.75, 3.05) is 23.9 Å². The fraction of sp³-hybridized carbons (Fsp3) is 0.522. The van der Waals surface area contributed by atoms with Crippen molar-refractivity contribution in [2.45, 2.75) is 50.4 Å². The number of fused-ring (bicyclic) bond motifs is 3. The molecule has 3 aliphatic rings. The van der Waals surface area contributed by atoms with Crippen molar-refractivity contribution in [1.29, 1.82) is 0 Å². The standard InChI is InChI=1S/C23H25F3N4O5S/c1-36(33,34)11-17(31)27-20-18-19(29-30(20)7-6-13-2-3-13)22(28-21(18)32)9-14-4-5-16(8-15(14)10-22)35-12-23(24,25)26/h4-5,8,13H,2-3,6-7,9-12H2,1H3,(H,27,31)(H,28,32). The van der Waals surface area contributed by atoms with E-state index in [0.717, 1.165) is 36.6 Å². The van der Waals surface area contributed by atoms with Gasteiger partial charge in [0, 0.05) is 25.6 Å². The first-order chi connectivity index (χ1) is 16.8. The lowest BCUT2D eigenvalue weighted by molar-refractivity contribution is -0.153. The van der Waals surface area contributed by atoms with Gasteiger partial charge in [-0.25, -0.2) is 13.1 Å². The Bertz CT molecular complexity index is 1350. The highest BCUT2D eigenvalue weighted by Gasteiger charge is 2.51. The average molecular weight is 527 g/mol. The number of anilines is 1. The molecule has 1 aromatic heterocycles. The Kier molecular flexibility index (Phi) is 5.80. The second kappa shape index (κ2) is 8.49. The summed E-state index contributed by atoms with van der Waals surface area (Å²) >= 11 is 0. The van der Waals surface area contributed by atoms with Gasteiger partial charge in [-0.15, -0.1) is 0 Å². The van der Waals surface area contributed by atoms with Crippen LogP contribution in [0.2, 0.25) is 0 Å². The first-order valence-electron chi connectivity index (χ1n) is 11.5. The molecule has 0 saturated heterocycles. The predicted molar refractivity (Wildman–Crippen MR) is 122 cm³/mol. The van der Waals surface area contributed by atoms with Gasteiger partial charge in [0.15, 0.2) is 16.4 Å². The number of nitrogens with zero attached hydrogens (tertiary/aromatic N) is 2. The molecule has 2 N–H and O–H groups in total. The number of ether oxygens (including phenoxy) is 1. The summed E-state index contributed by atoms with van der Waals surface area (Å²) in [7, 11) is -3.58. The third-order valence-electron chi connectivity index (χ3n) is 6.65. The Morgan fingerprint density at radius 3 is 2.67 bits per heavy atom. The van der Waals surface area contributed by atoms with Crippen molar-refractivity contribution in [3.8, 4) is 5.75 Å². The summed E-state index contributed by atoms with van der Waals surface area (Å²) < 4.78 is 67.3. The smallest absolute Gasteiger partial charge is 0.422 e. The first-order valence-corrected chi connectivity index (χ1v) is 13.6. The summed E-state index contributed by atoms with van der Waals surface area (Å²) in [5, 5.41) is 10.2. The molecular formula is C23H25F3N4O5S. The number of hydrogen-bond acceptors (Lipinski definition) is 6. The van der Waals surface area contributed by atoms with Gasteiger partial charge in [0.1, 0.15) is 28.6 Å². The van der Waals surface area contributed by atoms with Crippen molar-refractivity contribution in [1.82, 2.24) is 15.1 Å². The SMILES string of the molecule is CS(=O)(=O)CC(=O)Nc1c2c(nn1CCC1CC1)C1(Cc3ccc(OCC(F)(F)F)cc3C1)NC2=O. The molecule has 2 heterocycles. The number of nitrogens with one attached hydrogen (secondary N) is 2. The van der Waals surface area contributed by atoms with Gasteiger partial charge in [0.25, 0.3) is 5.91 Å². The summed E-state index contributed by atoms with van der Waals surface area (Å²) in [6, 6.07) is 4.68. The van der Waals surface area contributed by atoms with Crippen LogP contribution in [0.1, 0.15) is 46.4 Å². The number of sulfone groups is 1. The maximum absolute atomic E-state index is 13.1. The minimum Gasteiger partial charge on any atom is -0.484 e. The summed E-state index contributed by atoms with van der Waals surface area (Å²) in [6.45, 7) is -0.947. The zero-order valence-electron chi connectivity index (χ0n) is 19.4. The minimum atomic E-state index is -4.46. The number of aryl methyl sites for hydroxylation is 1. The van der Waals surface area contributed by atoms with Crippen LogP contribution in [0.5, 0.6) is 5.75 Å². The molecule has 194 valence electrons.